The fourth-order valence-electron chi connectivity index (χ4n) is 4.04. The molecule has 0 bridgehead atoms. The Labute approximate surface area is 162 Å². The minimum absolute atomic E-state index is 0. The molecule has 2 aromatic carbocycles. The van der Waals surface area contributed by atoms with Crippen LogP contribution in [0.15, 0.2) is 42.5 Å². The summed E-state index contributed by atoms with van der Waals surface area (Å²) in [7, 11) is 0. The van der Waals surface area contributed by atoms with E-state index in [4.69, 9.17) is 0 Å². The van der Waals surface area contributed by atoms with E-state index in [2.05, 4.69) is 60.2 Å². The van der Waals surface area contributed by atoms with E-state index in [1.807, 2.05) is 0 Å². The summed E-state index contributed by atoms with van der Waals surface area (Å²) in [5, 5.41) is 9.74. The van der Waals surface area contributed by atoms with Crippen molar-refractivity contribution < 1.29 is 23.0 Å². The van der Waals surface area contributed by atoms with Crippen LogP contribution in [0.4, 0.5) is 0 Å². The molecule has 0 amide bonds. The first-order valence-electron chi connectivity index (χ1n) is 8.45. The Kier molecular flexibility index (Phi) is 6.41. The minimum atomic E-state index is -4.87. The molecule has 0 saturated heterocycles. The number of hydrogen-bond acceptors (Lipinski definition) is 2. The molecule has 2 aromatic rings. The number of aliphatic hydroxyl groups is 1. The summed E-state index contributed by atoms with van der Waals surface area (Å²) in [5.41, 5.74) is 5.11. The largest absolute Gasteiger partial charge is 0.147 e. The van der Waals surface area contributed by atoms with Crippen LogP contribution in [0.2, 0.25) is 21.9 Å². The fraction of sp³-hybridized carbons (Fsp3) is 0.333. The van der Waals surface area contributed by atoms with Crippen LogP contribution < -0.4 is 3.27 Å². The van der Waals surface area contributed by atoms with Crippen molar-refractivity contribution in [2.45, 2.75) is 28.3 Å². The van der Waals surface area contributed by atoms with Gasteiger partial charge in [-0.1, -0.05) is 0 Å². The zero-order chi connectivity index (χ0) is 16.9. The van der Waals surface area contributed by atoms with Gasteiger partial charge in [0.25, 0.3) is 0 Å². The van der Waals surface area contributed by atoms with E-state index in [1.54, 1.807) is 6.88 Å². The van der Waals surface area contributed by atoms with E-state index in [-0.39, 0.29) is 31.4 Å². The molecule has 0 atom stereocenters. The smallest absolute Gasteiger partial charge is 0.147 e. The molecule has 7 heteroatoms. The zero-order valence-corrected chi connectivity index (χ0v) is 21.8. The first-order chi connectivity index (χ1) is 10.6. The van der Waals surface area contributed by atoms with Crippen molar-refractivity contribution in [3.8, 4) is 11.1 Å². The number of halogens is 2. The summed E-state index contributed by atoms with van der Waals surface area (Å²) in [5.74, 6) is -1.51. The zero-order valence-electron chi connectivity index (χ0n) is 15.1. The van der Waals surface area contributed by atoms with Crippen LogP contribution in [0.3, 0.4) is 0 Å². The van der Waals surface area contributed by atoms with Gasteiger partial charge >= 0.3 is 139 Å². The Morgan fingerprint density at radius 3 is 2.28 bits per heavy atom. The standard InChI is InChI=1S/C13H9.C2H5O.C2H7Si.CH3.2ClH.O.H2Si.Zr/c1-3-7-12-10(5-1)9-11-6-2-4-8-13(11)12;1-2-3;1-3-2;;;;;;/h1-5,7-8H,9H2;3H,1-2H2;3H,1-2H3;1H3;2*1H;;1H2;. The number of fused-ring (bicyclic) bond motifs is 3. The van der Waals surface area contributed by atoms with Crippen LogP contribution in [0.25, 0.3) is 11.1 Å². The second kappa shape index (κ2) is 6.92. The molecule has 138 valence electrons. The topological polar surface area (TPSA) is 37.3 Å². The summed E-state index contributed by atoms with van der Waals surface area (Å²) in [6, 6.07) is 14.8. The molecular formula is C18H28Cl2O2Si2Zr. The SMILES string of the molecule is C[SiH](C)[Zr]([CH3])(=[O])(=[SiH2])([CH2]CO)[c]1cccc2c1Cc1ccccc1-2.Cl.Cl. The molecule has 25 heavy (non-hydrogen) atoms. The average Bonchev–Trinajstić information content (AvgIpc) is 2.85. The van der Waals surface area contributed by atoms with Gasteiger partial charge in [-0.25, -0.2) is 0 Å². The van der Waals surface area contributed by atoms with E-state index in [0.717, 1.165) is 9.69 Å². The predicted molar refractivity (Wildman–Crippen MR) is 115 cm³/mol. The van der Waals surface area contributed by atoms with Gasteiger partial charge in [-0.15, -0.1) is 24.8 Å². The third-order valence-electron chi connectivity index (χ3n) is 6.59. The van der Waals surface area contributed by atoms with Crippen molar-refractivity contribution >= 4 is 40.9 Å². The number of aliphatic hydroxyl groups excluding tert-OH is 1. The van der Waals surface area contributed by atoms with Crippen LogP contribution in [-0.4, -0.2) is 24.5 Å². The molecule has 0 radical (unpaired) electrons. The summed E-state index contributed by atoms with van der Waals surface area (Å²) in [6.07, 6.45) is 0.871. The molecule has 0 fully saturated rings. The summed E-state index contributed by atoms with van der Waals surface area (Å²) < 4.78 is 18.4. The Morgan fingerprint density at radius 1 is 1.08 bits per heavy atom. The average molecular weight is 495 g/mol. The van der Waals surface area contributed by atoms with E-state index in [0.29, 0.717) is 4.13 Å². The maximum Gasteiger partial charge on any atom is -0.147 e. The summed E-state index contributed by atoms with van der Waals surface area (Å²) in [4.78, 5) is 0. The van der Waals surface area contributed by atoms with Gasteiger partial charge in [0, 0.05) is 0 Å². The van der Waals surface area contributed by atoms with Crippen molar-refractivity contribution in [2.75, 3.05) is 6.61 Å². The quantitative estimate of drug-likeness (QED) is 0.565. The van der Waals surface area contributed by atoms with Gasteiger partial charge in [-0.05, 0) is 0 Å². The number of rotatable bonds is 4. The van der Waals surface area contributed by atoms with Crippen LogP contribution in [-0.2, 0) is 24.3 Å². The molecule has 3 rings (SSSR count). The first kappa shape index (κ1) is 23.1. The molecule has 0 saturated carbocycles. The van der Waals surface area contributed by atoms with Gasteiger partial charge in [-0.3, -0.25) is 0 Å². The Hall–Kier alpha value is 0.0969. The molecular weight excluding hydrogens is 466 g/mol. The van der Waals surface area contributed by atoms with E-state index in [1.165, 1.54) is 22.3 Å². The van der Waals surface area contributed by atoms with Gasteiger partial charge in [0.2, 0.25) is 0 Å². The van der Waals surface area contributed by atoms with Crippen molar-refractivity contribution in [3.63, 3.8) is 0 Å². The second-order valence-corrected chi connectivity index (χ2v) is 66.6. The van der Waals surface area contributed by atoms with Crippen LogP contribution in [0.1, 0.15) is 11.1 Å². The van der Waals surface area contributed by atoms with Crippen LogP contribution >= 0.6 is 24.8 Å². The van der Waals surface area contributed by atoms with Gasteiger partial charge < -0.3 is 0 Å². The number of hydrogen-bond donors (Lipinski definition) is 1. The van der Waals surface area contributed by atoms with Crippen molar-refractivity contribution in [3.05, 3.63) is 53.6 Å². The van der Waals surface area contributed by atoms with Crippen LogP contribution in [0.5, 0.6) is 0 Å². The maximum atomic E-state index is 14.8. The number of benzene rings is 2. The molecule has 2 nitrogen and oxygen atoms in total. The fourth-order valence-corrected chi connectivity index (χ4v) is 26.5. The van der Waals surface area contributed by atoms with Crippen molar-refractivity contribution in [1.29, 1.82) is 0 Å². The Bertz CT molecular complexity index is 976. The minimum Gasteiger partial charge on any atom is -0.147 e. The molecule has 0 aliphatic heterocycles. The van der Waals surface area contributed by atoms with Gasteiger partial charge in [-0.2, -0.15) is 0 Å². The monoisotopic (exact) mass is 492 g/mol. The molecule has 1 aliphatic rings. The maximum absolute atomic E-state index is 14.8. The van der Waals surface area contributed by atoms with E-state index in [9.17, 15) is 7.92 Å². The molecule has 1 N–H and O–H groups in total. The molecule has 0 spiro atoms. The second-order valence-electron chi connectivity index (χ2n) is 8.41. The van der Waals surface area contributed by atoms with Crippen molar-refractivity contribution in [1.82, 2.24) is 0 Å². The normalized spacial score (nSPS) is 13.8. The first-order valence-corrected chi connectivity index (χ1v) is 27.9. The Balaban J connectivity index is 0.00000156. The van der Waals surface area contributed by atoms with E-state index >= 15 is 0 Å². The van der Waals surface area contributed by atoms with Gasteiger partial charge in [0.15, 0.2) is 0 Å². The van der Waals surface area contributed by atoms with E-state index < -0.39 is 21.0 Å². The molecule has 0 aromatic heterocycles. The Morgan fingerprint density at radius 2 is 1.68 bits per heavy atom. The summed E-state index contributed by atoms with van der Waals surface area (Å²) in [6.45, 7) is 6.20. The molecule has 0 unspecified atom stereocenters. The third-order valence-corrected chi connectivity index (χ3v) is 71.2. The third kappa shape index (κ3) is 3.37. The predicted octanol–water partition coefficient (Wildman–Crippen LogP) is 3.29. The summed E-state index contributed by atoms with van der Waals surface area (Å²) >= 11 is -4.87. The van der Waals surface area contributed by atoms with Gasteiger partial charge in [0.05, 0.1) is 0 Å². The molecule has 0 heterocycles. The van der Waals surface area contributed by atoms with Crippen LogP contribution in [0, 0.1) is 0 Å². The van der Waals surface area contributed by atoms with Gasteiger partial charge in [0.1, 0.15) is 0 Å². The molecule has 1 aliphatic carbocycles. The van der Waals surface area contributed by atoms with Crippen molar-refractivity contribution in [2.24, 2.45) is 0 Å².